The summed E-state index contributed by atoms with van der Waals surface area (Å²) in [6.07, 6.45) is 0.814. The van der Waals surface area contributed by atoms with Crippen molar-refractivity contribution in [2.24, 2.45) is 4.99 Å². The molecular formula is C23H32FIN4O2. The number of halogens is 2. The van der Waals surface area contributed by atoms with Crippen LogP contribution in [0.1, 0.15) is 16.7 Å². The molecule has 8 heteroatoms. The number of aryl methyl sites for hydroxylation is 1. The number of nitrogens with zero attached hydrogens (tertiary/aromatic N) is 2. The maximum atomic E-state index is 14.6. The molecule has 2 N–H and O–H groups in total. The lowest BCUT2D eigenvalue weighted by molar-refractivity contribution is 0.122. The van der Waals surface area contributed by atoms with E-state index in [2.05, 4.69) is 28.6 Å². The van der Waals surface area contributed by atoms with Gasteiger partial charge in [-0.05, 0) is 42.7 Å². The summed E-state index contributed by atoms with van der Waals surface area (Å²) in [5, 5.41) is 6.55. The maximum Gasteiger partial charge on any atom is 0.191 e. The van der Waals surface area contributed by atoms with Gasteiger partial charge in [0.15, 0.2) is 5.96 Å². The Morgan fingerprint density at radius 2 is 1.94 bits per heavy atom. The number of hydrogen-bond acceptors (Lipinski definition) is 4. The molecule has 0 aliphatic carbocycles. The van der Waals surface area contributed by atoms with Crippen molar-refractivity contribution in [3.8, 4) is 5.75 Å². The number of nitrogens with one attached hydrogen (secondary N) is 2. The smallest absolute Gasteiger partial charge is 0.191 e. The minimum absolute atomic E-state index is 0. The van der Waals surface area contributed by atoms with Gasteiger partial charge in [0.2, 0.25) is 0 Å². The third-order valence-corrected chi connectivity index (χ3v) is 5.17. The zero-order valence-electron chi connectivity index (χ0n) is 18.4. The van der Waals surface area contributed by atoms with Gasteiger partial charge in [0.1, 0.15) is 11.6 Å². The van der Waals surface area contributed by atoms with Crippen LogP contribution in [0.3, 0.4) is 0 Å². The van der Waals surface area contributed by atoms with E-state index in [-0.39, 0.29) is 29.8 Å². The summed E-state index contributed by atoms with van der Waals surface area (Å²) in [4.78, 5) is 6.28. The second kappa shape index (κ2) is 12.7. The van der Waals surface area contributed by atoms with Gasteiger partial charge in [-0.3, -0.25) is 4.99 Å². The van der Waals surface area contributed by atoms with E-state index in [9.17, 15) is 4.39 Å². The molecule has 0 unspecified atom stereocenters. The summed E-state index contributed by atoms with van der Waals surface area (Å²) in [6, 6.07) is 11.5. The second-order valence-electron chi connectivity index (χ2n) is 7.30. The van der Waals surface area contributed by atoms with E-state index < -0.39 is 0 Å². The first-order chi connectivity index (χ1) is 14.6. The van der Waals surface area contributed by atoms with Crippen molar-refractivity contribution in [1.29, 1.82) is 0 Å². The molecule has 1 saturated heterocycles. The van der Waals surface area contributed by atoms with E-state index in [0.29, 0.717) is 38.0 Å². The van der Waals surface area contributed by atoms with Gasteiger partial charge in [-0.1, -0.05) is 23.8 Å². The topological polar surface area (TPSA) is 58.1 Å². The zero-order valence-corrected chi connectivity index (χ0v) is 20.7. The lowest BCUT2D eigenvalue weighted by Crippen LogP contribution is -2.38. The number of rotatable bonds is 7. The number of morpholine rings is 1. The van der Waals surface area contributed by atoms with Gasteiger partial charge in [0.25, 0.3) is 0 Å². The monoisotopic (exact) mass is 542 g/mol. The number of aliphatic imine (C=N–C) groups is 1. The molecule has 170 valence electrons. The molecule has 2 aromatic rings. The molecule has 0 aromatic heterocycles. The van der Waals surface area contributed by atoms with Crippen molar-refractivity contribution >= 4 is 35.6 Å². The van der Waals surface area contributed by atoms with Crippen LogP contribution in [-0.4, -0.2) is 53.0 Å². The predicted octanol–water partition coefficient (Wildman–Crippen LogP) is 3.51. The molecule has 31 heavy (non-hydrogen) atoms. The molecule has 1 fully saturated rings. The molecule has 0 radical (unpaired) electrons. The summed E-state index contributed by atoms with van der Waals surface area (Å²) < 4.78 is 25.3. The molecule has 0 saturated carbocycles. The number of benzene rings is 2. The summed E-state index contributed by atoms with van der Waals surface area (Å²) in [5.74, 6) is 1.37. The molecule has 1 aliphatic rings. The van der Waals surface area contributed by atoms with Crippen LogP contribution in [0.2, 0.25) is 0 Å². The Balaban J connectivity index is 0.00000341. The molecule has 1 heterocycles. The van der Waals surface area contributed by atoms with Crippen molar-refractivity contribution in [3.63, 3.8) is 0 Å². The third-order valence-electron chi connectivity index (χ3n) is 5.17. The van der Waals surface area contributed by atoms with Gasteiger partial charge in [-0.25, -0.2) is 4.39 Å². The van der Waals surface area contributed by atoms with Gasteiger partial charge < -0.3 is 25.0 Å². The van der Waals surface area contributed by atoms with E-state index in [1.807, 2.05) is 29.2 Å². The van der Waals surface area contributed by atoms with Crippen molar-refractivity contribution < 1.29 is 13.9 Å². The Kier molecular flexibility index (Phi) is 10.3. The maximum absolute atomic E-state index is 14.6. The van der Waals surface area contributed by atoms with Crippen LogP contribution in [0, 0.1) is 12.7 Å². The summed E-state index contributed by atoms with van der Waals surface area (Å²) in [7, 11) is 3.41. The molecule has 0 bridgehead atoms. The quantitative estimate of drug-likeness (QED) is 0.319. The Labute approximate surface area is 201 Å². The predicted molar refractivity (Wildman–Crippen MR) is 134 cm³/mol. The van der Waals surface area contributed by atoms with Crippen molar-refractivity contribution in [2.75, 3.05) is 51.9 Å². The summed E-state index contributed by atoms with van der Waals surface area (Å²) >= 11 is 0. The minimum atomic E-state index is -0.203. The summed E-state index contributed by atoms with van der Waals surface area (Å²) in [6.45, 7) is 5.99. The normalized spacial score (nSPS) is 14.1. The highest BCUT2D eigenvalue weighted by Gasteiger charge is 2.15. The lowest BCUT2D eigenvalue weighted by atomic mass is 10.1. The first-order valence-electron chi connectivity index (χ1n) is 10.3. The van der Waals surface area contributed by atoms with E-state index >= 15 is 0 Å². The highest BCUT2D eigenvalue weighted by Crippen LogP contribution is 2.22. The zero-order chi connectivity index (χ0) is 21.3. The molecule has 2 aromatic carbocycles. The van der Waals surface area contributed by atoms with Crippen LogP contribution in [0.4, 0.5) is 10.1 Å². The average molecular weight is 542 g/mol. The molecule has 0 atom stereocenters. The Hall–Kier alpha value is -2.07. The highest BCUT2D eigenvalue weighted by molar-refractivity contribution is 14.0. The SMILES string of the molecule is CN=C(NCCc1cc(C)ccc1OC)NCc1ccc(N2CCOCC2)c(F)c1.I. The van der Waals surface area contributed by atoms with Crippen molar-refractivity contribution in [2.45, 2.75) is 19.9 Å². The van der Waals surface area contributed by atoms with Gasteiger partial charge >= 0.3 is 0 Å². The number of ether oxygens (including phenoxy) is 2. The number of anilines is 1. The van der Waals surface area contributed by atoms with Crippen LogP contribution in [0.25, 0.3) is 0 Å². The lowest BCUT2D eigenvalue weighted by Gasteiger charge is -2.29. The van der Waals surface area contributed by atoms with Crippen LogP contribution in [-0.2, 0) is 17.7 Å². The molecule has 1 aliphatic heterocycles. The Bertz CT molecular complexity index is 873. The van der Waals surface area contributed by atoms with Gasteiger partial charge in [-0.15, -0.1) is 24.0 Å². The molecule has 3 rings (SSSR count). The number of hydrogen-bond donors (Lipinski definition) is 2. The Morgan fingerprint density at radius 1 is 1.16 bits per heavy atom. The number of guanidine groups is 1. The average Bonchev–Trinajstić information content (AvgIpc) is 2.77. The van der Waals surface area contributed by atoms with Gasteiger partial charge in [0.05, 0.1) is 26.0 Å². The van der Waals surface area contributed by atoms with Gasteiger partial charge in [-0.2, -0.15) is 0 Å². The summed E-state index contributed by atoms with van der Waals surface area (Å²) in [5.41, 5.74) is 3.86. The van der Waals surface area contributed by atoms with E-state index in [0.717, 1.165) is 36.4 Å². The minimum Gasteiger partial charge on any atom is -0.496 e. The molecular weight excluding hydrogens is 510 g/mol. The Morgan fingerprint density at radius 3 is 2.61 bits per heavy atom. The second-order valence-corrected chi connectivity index (χ2v) is 7.30. The fourth-order valence-corrected chi connectivity index (χ4v) is 3.55. The molecule has 0 spiro atoms. The van der Waals surface area contributed by atoms with E-state index in [1.165, 1.54) is 5.56 Å². The third kappa shape index (κ3) is 7.24. The van der Waals surface area contributed by atoms with Crippen LogP contribution in [0.15, 0.2) is 41.4 Å². The first-order valence-corrected chi connectivity index (χ1v) is 10.3. The highest BCUT2D eigenvalue weighted by atomic mass is 127. The van der Waals surface area contributed by atoms with E-state index in [4.69, 9.17) is 9.47 Å². The first kappa shape index (κ1) is 25.2. The van der Waals surface area contributed by atoms with Crippen molar-refractivity contribution in [3.05, 3.63) is 58.9 Å². The standard InChI is InChI=1S/C23H31FN4O2.HI/c1-17-4-7-22(29-3)19(14-17)8-9-26-23(25-2)27-16-18-5-6-21(20(24)15-18)28-10-12-30-13-11-28;/h4-7,14-15H,8-13,16H2,1-3H3,(H2,25,26,27);1H. The fraction of sp³-hybridized carbons (Fsp3) is 0.435. The van der Waals surface area contributed by atoms with Gasteiger partial charge in [0, 0.05) is 33.2 Å². The van der Waals surface area contributed by atoms with E-state index in [1.54, 1.807) is 20.2 Å². The number of methoxy groups -OCH3 is 1. The fourth-order valence-electron chi connectivity index (χ4n) is 3.55. The molecule has 6 nitrogen and oxygen atoms in total. The van der Waals surface area contributed by atoms with Crippen LogP contribution in [0.5, 0.6) is 5.75 Å². The van der Waals surface area contributed by atoms with Crippen molar-refractivity contribution in [1.82, 2.24) is 10.6 Å². The largest absolute Gasteiger partial charge is 0.496 e. The van der Waals surface area contributed by atoms with Crippen LogP contribution >= 0.6 is 24.0 Å². The molecule has 0 amide bonds. The van der Waals surface area contributed by atoms with Crippen LogP contribution < -0.4 is 20.3 Å².